The Hall–Kier alpha value is -4.79. The second-order valence-corrected chi connectivity index (χ2v) is 10.2. The first-order chi connectivity index (χ1) is 19.2. The summed E-state index contributed by atoms with van der Waals surface area (Å²) < 4.78 is 5.73. The molecule has 0 fully saturated rings. The lowest BCUT2D eigenvalue weighted by Gasteiger charge is -2.27. The van der Waals surface area contributed by atoms with Gasteiger partial charge in [-0.05, 0) is 71.3 Å². The number of carbonyl (C=O) groups is 2. The minimum Gasteiger partial charge on any atom is -0.508 e. The van der Waals surface area contributed by atoms with Crippen LogP contribution in [0.15, 0.2) is 71.7 Å². The number of phenolic OH excluding ortho intramolecular Hbond substituents is 1. The van der Waals surface area contributed by atoms with E-state index in [1.54, 1.807) is 38.6 Å². The van der Waals surface area contributed by atoms with E-state index in [9.17, 15) is 19.5 Å². The van der Waals surface area contributed by atoms with E-state index in [0.717, 1.165) is 10.9 Å². The van der Waals surface area contributed by atoms with Gasteiger partial charge in [0.15, 0.2) is 0 Å². The summed E-state index contributed by atoms with van der Waals surface area (Å²) in [6, 6.07) is 16.9. The number of methoxy groups -OCH3 is 1. The Morgan fingerprint density at radius 1 is 1.02 bits per heavy atom. The Balaban J connectivity index is 1.59. The van der Waals surface area contributed by atoms with Gasteiger partial charge in [0.2, 0.25) is 11.8 Å². The van der Waals surface area contributed by atoms with Gasteiger partial charge in [-0.3, -0.25) is 14.4 Å². The number of hydrogen-bond donors (Lipinski definition) is 4. The van der Waals surface area contributed by atoms with Crippen LogP contribution >= 0.6 is 0 Å². The van der Waals surface area contributed by atoms with Gasteiger partial charge in [0.1, 0.15) is 17.5 Å². The summed E-state index contributed by atoms with van der Waals surface area (Å²) in [4.78, 5) is 43.3. The number of rotatable bonds is 3. The first-order valence-corrected chi connectivity index (χ1v) is 13.2. The highest BCUT2D eigenvalue weighted by molar-refractivity contribution is 5.91. The maximum atomic E-state index is 14.0. The molecule has 2 aliphatic heterocycles. The molecule has 6 rings (SSSR count). The van der Waals surface area contributed by atoms with Crippen molar-refractivity contribution in [3.8, 4) is 11.5 Å². The average molecular weight is 541 g/mol. The highest BCUT2D eigenvalue weighted by atomic mass is 16.5. The van der Waals surface area contributed by atoms with E-state index in [4.69, 9.17) is 4.74 Å². The van der Waals surface area contributed by atoms with E-state index < -0.39 is 6.04 Å². The summed E-state index contributed by atoms with van der Waals surface area (Å²) >= 11 is 0. The van der Waals surface area contributed by atoms with E-state index >= 15 is 0 Å². The van der Waals surface area contributed by atoms with E-state index in [1.165, 1.54) is 11.0 Å². The van der Waals surface area contributed by atoms with Crippen LogP contribution in [-0.4, -0.2) is 41.0 Å². The second-order valence-electron chi connectivity index (χ2n) is 10.2. The molecule has 206 valence electrons. The van der Waals surface area contributed by atoms with Crippen molar-refractivity contribution in [2.24, 2.45) is 0 Å². The maximum Gasteiger partial charge on any atom is 0.255 e. The van der Waals surface area contributed by atoms with Gasteiger partial charge in [0.25, 0.3) is 5.56 Å². The SMILES string of the molecule is COc1cc2ccc1[C@@H](C)CCC(=O)Nc1ccc(O)c(c1)CN(C)C(=O)[C@@H]2Nc1ccc2cc[nH]c(=O)c2c1. The lowest BCUT2D eigenvalue weighted by Crippen LogP contribution is -2.35. The van der Waals surface area contributed by atoms with Gasteiger partial charge in [0, 0.05) is 48.5 Å². The molecule has 2 amide bonds. The molecule has 1 aromatic heterocycles. The highest BCUT2D eigenvalue weighted by Gasteiger charge is 2.27. The van der Waals surface area contributed by atoms with Gasteiger partial charge in [-0.1, -0.05) is 25.1 Å². The summed E-state index contributed by atoms with van der Waals surface area (Å²) in [6.45, 7) is 2.14. The number of pyridine rings is 1. The van der Waals surface area contributed by atoms with Crippen LogP contribution in [0.1, 0.15) is 48.4 Å². The van der Waals surface area contributed by atoms with Crippen LogP contribution in [0.5, 0.6) is 11.5 Å². The fourth-order valence-corrected chi connectivity index (χ4v) is 5.11. The van der Waals surface area contributed by atoms with Crippen molar-refractivity contribution in [1.29, 1.82) is 0 Å². The fraction of sp³-hybridized carbons (Fsp3) is 0.258. The van der Waals surface area contributed by atoms with Crippen molar-refractivity contribution < 1.29 is 19.4 Å². The molecule has 0 unspecified atom stereocenters. The third-order valence-corrected chi connectivity index (χ3v) is 7.41. The van der Waals surface area contributed by atoms with E-state index in [-0.39, 0.29) is 35.6 Å². The molecule has 0 spiro atoms. The third kappa shape index (κ3) is 5.49. The molecule has 40 heavy (non-hydrogen) atoms. The summed E-state index contributed by atoms with van der Waals surface area (Å²) in [7, 11) is 3.24. The van der Waals surface area contributed by atoms with Crippen LogP contribution in [0, 0.1) is 0 Å². The summed E-state index contributed by atoms with van der Waals surface area (Å²) in [5, 5.41) is 18.0. The molecule has 4 aromatic rings. The summed E-state index contributed by atoms with van der Waals surface area (Å²) in [5.74, 6) is 0.282. The van der Waals surface area contributed by atoms with Gasteiger partial charge < -0.3 is 30.4 Å². The van der Waals surface area contributed by atoms with E-state index in [1.807, 2.05) is 43.3 Å². The molecule has 3 aromatic carbocycles. The molecular formula is C31H32N4O5. The molecule has 0 aliphatic carbocycles. The minimum absolute atomic E-state index is 0.0232. The van der Waals surface area contributed by atoms with Gasteiger partial charge in [-0.25, -0.2) is 0 Å². The number of aromatic nitrogens is 1. The number of nitrogens with one attached hydrogen (secondary N) is 3. The molecule has 9 nitrogen and oxygen atoms in total. The number of carbonyl (C=O) groups excluding carboxylic acids is 2. The molecule has 4 N–H and O–H groups in total. The summed E-state index contributed by atoms with van der Waals surface area (Å²) in [5.41, 5.74) is 3.05. The molecular weight excluding hydrogens is 508 g/mol. The maximum absolute atomic E-state index is 14.0. The summed E-state index contributed by atoms with van der Waals surface area (Å²) in [6.07, 6.45) is 2.51. The lowest BCUT2D eigenvalue weighted by molar-refractivity contribution is -0.131. The Morgan fingerprint density at radius 2 is 1.85 bits per heavy atom. The Labute approximate surface area is 231 Å². The van der Waals surface area contributed by atoms with Crippen LogP contribution < -0.4 is 20.9 Å². The zero-order chi connectivity index (χ0) is 28.4. The Bertz CT molecular complexity index is 1650. The number of H-pyrrole nitrogens is 1. The quantitative estimate of drug-likeness (QED) is 0.274. The monoisotopic (exact) mass is 540 g/mol. The third-order valence-electron chi connectivity index (χ3n) is 7.41. The Morgan fingerprint density at radius 3 is 2.65 bits per heavy atom. The van der Waals surface area contributed by atoms with E-state index in [0.29, 0.717) is 46.5 Å². The van der Waals surface area contributed by atoms with Gasteiger partial charge in [-0.15, -0.1) is 0 Å². The lowest BCUT2D eigenvalue weighted by atomic mass is 9.92. The van der Waals surface area contributed by atoms with Gasteiger partial charge in [0.05, 0.1) is 7.11 Å². The first-order valence-electron chi connectivity index (χ1n) is 13.2. The topological polar surface area (TPSA) is 124 Å². The molecule has 4 bridgehead atoms. The zero-order valence-corrected chi connectivity index (χ0v) is 22.7. The number of aromatic amines is 1. The van der Waals surface area contributed by atoms with Crippen LogP contribution in [0.4, 0.5) is 11.4 Å². The number of anilines is 2. The minimum atomic E-state index is -0.818. The van der Waals surface area contributed by atoms with Crippen LogP contribution in [-0.2, 0) is 16.1 Å². The predicted molar refractivity (Wildman–Crippen MR) is 155 cm³/mol. The number of aromatic hydroxyl groups is 1. The molecule has 0 radical (unpaired) electrons. The number of hydrogen-bond acceptors (Lipinski definition) is 6. The fourth-order valence-electron chi connectivity index (χ4n) is 5.11. The average Bonchev–Trinajstić information content (AvgIpc) is 2.95. The molecule has 9 heteroatoms. The van der Waals surface area contributed by atoms with Crippen LogP contribution in [0.2, 0.25) is 0 Å². The Kier molecular flexibility index (Phi) is 7.46. The van der Waals surface area contributed by atoms with E-state index in [2.05, 4.69) is 15.6 Å². The smallest absolute Gasteiger partial charge is 0.255 e. The normalized spacial score (nSPS) is 18.0. The van der Waals surface area contributed by atoms with Crippen molar-refractivity contribution in [1.82, 2.24) is 9.88 Å². The van der Waals surface area contributed by atoms with Gasteiger partial charge in [-0.2, -0.15) is 0 Å². The van der Waals surface area contributed by atoms with Crippen LogP contribution in [0.25, 0.3) is 10.8 Å². The first kappa shape index (κ1) is 26.8. The number of ether oxygens (including phenoxy) is 1. The zero-order valence-electron chi connectivity index (χ0n) is 22.7. The largest absolute Gasteiger partial charge is 0.508 e. The second kappa shape index (κ2) is 11.1. The number of nitrogens with zero attached hydrogens (tertiary/aromatic N) is 1. The predicted octanol–water partition coefficient (Wildman–Crippen LogP) is 4.89. The molecule has 2 atom stereocenters. The number of benzene rings is 3. The number of phenols is 1. The standard InChI is InChI=1S/C31H32N4O5/c1-18-4-11-28(37)33-22-8-10-26(36)21(14-22)17-35(2)31(39)29(20-6-9-24(18)27(15-20)40-3)34-23-7-5-19-12-13-32-30(38)25(19)16-23/h5-10,12-16,18,29,34,36H,4,11,17H2,1-3H3,(H,32,38)(H,33,37)/t18-,29+/m0/s1. The molecule has 2 aliphatic rings. The highest BCUT2D eigenvalue weighted by Crippen LogP contribution is 2.34. The van der Waals surface area contributed by atoms with Crippen molar-refractivity contribution >= 4 is 34.0 Å². The van der Waals surface area contributed by atoms with Crippen molar-refractivity contribution in [3.63, 3.8) is 0 Å². The van der Waals surface area contributed by atoms with Crippen molar-refractivity contribution in [2.45, 2.75) is 38.3 Å². The molecule has 0 saturated heterocycles. The number of amides is 2. The van der Waals surface area contributed by atoms with Crippen LogP contribution in [0.3, 0.4) is 0 Å². The number of likely N-dealkylation sites (N-methyl/N-ethyl adjacent to an activating group) is 1. The van der Waals surface area contributed by atoms with Gasteiger partial charge >= 0.3 is 0 Å². The van der Waals surface area contributed by atoms with Crippen molar-refractivity contribution in [3.05, 3.63) is 93.9 Å². The molecule has 3 heterocycles. The number of fused-ring (bicyclic) bond motifs is 10. The molecule has 0 saturated carbocycles. The van der Waals surface area contributed by atoms with Crippen molar-refractivity contribution in [2.75, 3.05) is 24.8 Å².